The number of hydrogen-bond acceptors (Lipinski definition) is 4. The van der Waals surface area contributed by atoms with Crippen LogP contribution < -0.4 is 10.9 Å². The highest BCUT2D eigenvalue weighted by Gasteiger charge is 2.08. The Bertz CT molecular complexity index is 740. The number of hydrogen-bond donors (Lipinski definition) is 1. The molecule has 1 amide bonds. The largest absolute Gasteiger partial charge is 0.325 e. The van der Waals surface area contributed by atoms with Crippen LogP contribution in [0.15, 0.2) is 47.4 Å². The number of carbonyl (C=O) groups is 1. The fourth-order valence-electron chi connectivity index (χ4n) is 1.65. The maximum Gasteiger partial charge on any atom is 0.269 e. The fourth-order valence-corrected chi connectivity index (χ4v) is 1.83. The molecule has 0 bridgehead atoms. The molecule has 8 heteroatoms. The molecule has 7 nitrogen and oxygen atoms in total. The zero-order chi connectivity index (χ0) is 15.4. The predicted molar refractivity (Wildman–Crippen MR) is 77.4 cm³/mol. The van der Waals surface area contributed by atoms with Crippen LogP contribution in [0.2, 0.25) is 5.02 Å². The molecule has 2 rings (SSSR count). The molecule has 108 valence electrons. The van der Waals surface area contributed by atoms with Gasteiger partial charge in [0.05, 0.1) is 9.95 Å². The summed E-state index contributed by atoms with van der Waals surface area (Å²) in [5, 5.41) is 13.4. The van der Waals surface area contributed by atoms with Crippen LogP contribution in [0.4, 0.5) is 11.4 Å². The summed E-state index contributed by atoms with van der Waals surface area (Å²) in [5.74, 6) is -0.437. The monoisotopic (exact) mass is 307 g/mol. The average molecular weight is 308 g/mol. The van der Waals surface area contributed by atoms with Crippen LogP contribution in [0.25, 0.3) is 0 Å². The summed E-state index contributed by atoms with van der Waals surface area (Å²) in [6, 6.07) is 8.09. The Morgan fingerprint density at radius 2 is 1.90 bits per heavy atom. The number of carbonyl (C=O) groups excluding carboxylic acids is 1. The Labute approximate surface area is 123 Å². The Hall–Kier alpha value is -2.67. The van der Waals surface area contributed by atoms with Gasteiger partial charge < -0.3 is 9.88 Å². The van der Waals surface area contributed by atoms with Gasteiger partial charge in [-0.3, -0.25) is 19.7 Å². The number of pyridine rings is 1. The summed E-state index contributed by atoms with van der Waals surface area (Å²) in [6.07, 6.45) is 1.36. The van der Waals surface area contributed by atoms with Crippen LogP contribution in [-0.2, 0) is 11.3 Å². The van der Waals surface area contributed by atoms with E-state index in [-0.39, 0.29) is 17.8 Å². The quantitative estimate of drug-likeness (QED) is 0.691. The van der Waals surface area contributed by atoms with Gasteiger partial charge in [0.2, 0.25) is 5.91 Å². The van der Waals surface area contributed by atoms with E-state index < -0.39 is 10.8 Å². The molecule has 0 aliphatic heterocycles. The number of rotatable bonds is 4. The highest BCUT2D eigenvalue weighted by Crippen LogP contribution is 2.15. The van der Waals surface area contributed by atoms with E-state index in [1.165, 1.54) is 47.2 Å². The highest BCUT2D eigenvalue weighted by molar-refractivity contribution is 6.30. The van der Waals surface area contributed by atoms with Crippen molar-refractivity contribution < 1.29 is 9.72 Å². The number of anilines is 1. The maximum absolute atomic E-state index is 11.8. The van der Waals surface area contributed by atoms with Crippen molar-refractivity contribution in [3.63, 3.8) is 0 Å². The van der Waals surface area contributed by atoms with E-state index in [0.29, 0.717) is 10.7 Å². The lowest BCUT2D eigenvalue weighted by Crippen LogP contribution is -2.26. The number of nitrogens with zero attached hydrogens (tertiary/aromatic N) is 2. The molecule has 1 aromatic carbocycles. The topological polar surface area (TPSA) is 94.2 Å². The fraction of sp³-hybridized carbons (Fsp3) is 0.0769. The molecule has 0 aliphatic rings. The minimum absolute atomic E-state index is 0.0703. The SMILES string of the molecule is O=C(Cn1cc(Cl)ccc1=O)Nc1ccc([N+](=O)[O-])cc1. The first-order valence-corrected chi connectivity index (χ1v) is 6.24. The van der Waals surface area contributed by atoms with Gasteiger partial charge in [-0.05, 0) is 18.2 Å². The minimum Gasteiger partial charge on any atom is -0.325 e. The molecule has 0 atom stereocenters. The van der Waals surface area contributed by atoms with E-state index in [9.17, 15) is 19.7 Å². The lowest BCUT2D eigenvalue weighted by atomic mass is 10.3. The second kappa shape index (κ2) is 6.19. The van der Waals surface area contributed by atoms with Crippen molar-refractivity contribution in [1.82, 2.24) is 4.57 Å². The van der Waals surface area contributed by atoms with Gasteiger partial charge in [0.25, 0.3) is 11.2 Å². The molecule has 0 unspecified atom stereocenters. The summed E-state index contributed by atoms with van der Waals surface area (Å²) >= 11 is 5.75. The number of nitrogens with one attached hydrogen (secondary N) is 1. The molecule has 21 heavy (non-hydrogen) atoms. The first kappa shape index (κ1) is 14.7. The van der Waals surface area contributed by atoms with Crippen molar-refractivity contribution in [3.8, 4) is 0 Å². The van der Waals surface area contributed by atoms with E-state index in [0.717, 1.165) is 0 Å². The lowest BCUT2D eigenvalue weighted by molar-refractivity contribution is -0.384. The van der Waals surface area contributed by atoms with Crippen LogP contribution in [0.3, 0.4) is 0 Å². The molecule has 0 saturated heterocycles. The summed E-state index contributed by atoms with van der Waals surface area (Å²) in [4.78, 5) is 33.3. The Balaban J connectivity index is 2.06. The molecule has 0 saturated carbocycles. The highest BCUT2D eigenvalue weighted by atomic mass is 35.5. The van der Waals surface area contributed by atoms with Gasteiger partial charge in [0.1, 0.15) is 6.54 Å². The number of amides is 1. The van der Waals surface area contributed by atoms with Crippen molar-refractivity contribution in [1.29, 1.82) is 0 Å². The molecular formula is C13H10ClN3O4. The van der Waals surface area contributed by atoms with E-state index in [2.05, 4.69) is 5.32 Å². The molecule has 0 radical (unpaired) electrons. The number of halogens is 1. The second-order valence-electron chi connectivity index (χ2n) is 4.17. The summed E-state index contributed by atoms with van der Waals surface area (Å²) in [5.41, 5.74) is -0.0158. The predicted octanol–water partition coefficient (Wildman–Crippen LogP) is 2.05. The average Bonchev–Trinajstić information content (AvgIpc) is 2.43. The van der Waals surface area contributed by atoms with Crippen LogP contribution in [0.5, 0.6) is 0 Å². The van der Waals surface area contributed by atoms with Gasteiger partial charge in [-0.1, -0.05) is 11.6 Å². The van der Waals surface area contributed by atoms with Crippen LogP contribution in [0.1, 0.15) is 0 Å². The van der Waals surface area contributed by atoms with Gasteiger partial charge >= 0.3 is 0 Å². The maximum atomic E-state index is 11.8. The third-order valence-corrected chi connectivity index (χ3v) is 2.85. The van der Waals surface area contributed by atoms with Gasteiger partial charge in [0.15, 0.2) is 0 Å². The Kier molecular flexibility index (Phi) is 4.34. The molecule has 0 fully saturated rings. The van der Waals surface area contributed by atoms with Gasteiger partial charge in [-0.2, -0.15) is 0 Å². The van der Waals surface area contributed by atoms with Gasteiger partial charge in [0, 0.05) is 30.1 Å². The van der Waals surface area contributed by atoms with E-state index in [1.807, 2.05) is 0 Å². The molecule has 1 heterocycles. The van der Waals surface area contributed by atoms with Crippen LogP contribution in [0, 0.1) is 10.1 Å². The molecule has 0 aliphatic carbocycles. The number of aromatic nitrogens is 1. The first-order valence-electron chi connectivity index (χ1n) is 5.86. The zero-order valence-electron chi connectivity index (χ0n) is 10.7. The number of nitro benzene ring substituents is 1. The number of non-ortho nitro benzene ring substituents is 1. The molecular weight excluding hydrogens is 298 g/mol. The van der Waals surface area contributed by atoms with Crippen molar-refractivity contribution in [2.24, 2.45) is 0 Å². The van der Waals surface area contributed by atoms with E-state index in [4.69, 9.17) is 11.6 Å². The van der Waals surface area contributed by atoms with Crippen molar-refractivity contribution in [2.45, 2.75) is 6.54 Å². The van der Waals surface area contributed by atoms with Crippen LogP contribution in [-0.4, -0.2) is 15.4 Å². The minimum atomic E-state index is -0.531. The lowest BCUT2D eigenvalue weighted by Gasteiger charge is -2.07. The Morgan fingerprint density at radius 1 is 1.24 bits per heavy atom. The van der Waals surface area contributed by atoms with Crippen LogP contribution >= 0.6 is 11.6 Å². The van der Waals surface area contributed by atoms with Crippen molar-refractivity contribution in [3.05, 3.63) is 68.1 Å². The van der Waals surface area contributed by atoms with E-state index in [1.54, 1.807) is 0 Å². The Morgan fingerprint density at radius 3 is 2.52 bits per heavy atom. The third-order valence-electron chi connectivity index (χ3n) is 2.62. The smallest absolute Gasteiger partial charge is 0.269 e. The summed E-state index contributed by atoms with van der Waals surface area (Å²) < 4.78 is 1.17. The number of benzene rings is 1. The zero-order valence-corrected chi connectivity index (χ0v) is 11.4. The number of nitro groups is 1. The van der Waals surface area contributed by atoms with Crippen molar-refractivity contribution in [2.75, 3.05) is 5.32 Å². The van der Waals surface area contributed by atoms with Crippen molar-refractivity contribution >= 4 is 28.9 Å². The summed E-state index contributed by atoms with van der Waals surface area (Å²) in [7, 11) is 0. The summed E-state index contributed by atoms with van der Waals surface area (Å²) in [6.45, 7) is -0.198. The first-order chi connectivity index (χ1) is 9.95. The molecule has 0 spiro atoms. The van der Waals surface area contributed by atoms with Gasteiger partial charge in [-0.15, -0.1) is 0 Å². The normalized spacial score (nSPS) is 10.1. The second-order valence-corrected chi connectivity index (χ2v) is 4.60. The molecule has 1 N–H and O–H groups in total. The molecule has 1 aromatic heterocycles. The van der Waals surface area contributed by atoms with E-state index >= 15 is 0 Å². The third kappa shape index (κ3) is 3.90. The standard InChI is InChI=1S/C13H10ClN3O4/c14-9-1-6-13(19)16(7-9)8-12(18)15-10-2-4-11(5-3-10)17(20)21/h1-7H,8H2,(H,15,18). The molecule has 2 aromatic rings. The van der Waals surface area contributed by atoms with Gasteiger partial charge in [-0.25, -0.2) is 0 Å².